The first kappa shape index (κ1) is 21.5. The van der Waals surface area contributed by atoms with Crippen LogP contribution in [0.4, 0.5) is 0 Å². The van der Waals surface area contributed by atoms with Crippen LogP contribution in [0.1, 0.15) is 46.9 Å². The van der Waals surface area contributed by atoms with E-state index in [2.05, 4.69) is 11.1 Å². The molecule has 0 N–H and O–H groups in total. The smallest absolute Gasteiger partial charge is 0.254 e. The van der Waals surface area contributed by atoms with Crippen molar-refractivity contribution in [1.29, 1.82) is 0 Å². The van der Waals surface area contributed by atoms with Gasteiger partial charge in [0.15, 0.2) is 11.5 Å². The first-order valence-electron chi connectivity index (χ1n) is 12.1. The van der Waals surface area contributed by atoms with Gasteiger partial charge in [-0.25, -0.2) is 4.98 Å². The fraction of sp³-hybridized carbons (Fsp3) is 0.286. The van der Waals surface area contributed by atoms with Gasteiger partial charge in [-0.15, -0.1) is 0 Å². The van der Waals surface area contributed by atoms with E-state index in [1.807, 2.05) is 76.3 Å². The summed E-state index contributed by atoms with van der Waals surface area (Å²) in [6, 6.07) is 19.4. The number of amides is 1. The molecule has 0 saturated carbocycles. The lowest BCUT2D eigenvalue weighted by molar-refractivity contribution is 0.0735. The Kier molecular flexibility index (Phi) is 5.74. The van der Waals surface area contributed by atoms with Crippen LogP contribution in [0.25, 0.3) is 5.65 Å². The first-order valence-corrected chi connectivity index (χ1v) is 12.1. The van der Waals surface area contributed by atoms with E-state index in [9.17, 15) is 4.79 Å². The van der Waals surface area contributed by atoms with E-state index >= 15 is 0 Å². The van der Waals surface area contributed by atoms with Crippen molar-refractivity contribution in [2.24, 2.45) is 0 Å². The van der Waals surface area contributed by atoms with Gasteiger partial charge < -0.3 is 23.5 Å². The normalized spacial score (nSPS) is 17.4. The minimum Gasteiger partial charge on any atom is -0.490 e. The Hall–Kier alpha value is -4.00. The van der Waals surface area contributed by atoms with Crippen LogP contribution in [0.2, 0.25) is 0 Å². The maximum absolute atomic E-state index is 13.4. The Morgan fingerprint density at radius 1 is 1.00 bits per heavy atom. The van der Waals surface area contributed by atoms with Gasteiger partial charge in [0.25, 0.3) is 5.91 Å². The number of rotatable bonds is 5. The standard InChI is InChI=1S/C28H27N3O4/c32-28(31-14-3-5-24(31)21-9-12-25-26(17-21)34-16-4-15-33-25)20-7-10-23(11-8-20)35-19-22-18-30-13-2-1-6-27(30)29-22/h1-2,6-13,17-18,24H,3-5,14-16,19H2/t24-/m0/s1. The molecule has 1 amide bonds. The molecule has 2 aliphatic heterocycles. The van der Waals surface area contributed by atoms with Crippen LogP contribution in [0.3, 0.4) is 0 Å². The number of ether oxygens (including phenoxy) is 3. The number of benzene rings is 2. The molecule has 2 aliphatic rings. The predicted octanol–water partition coefficient (Wildman–Crippen LogP) is 5.05. The van der Waals surface area contributed by atoms with Crippen molar-refractivity contribution >= 4 is 11.6 Å². The summed E-state index contributed by atoms with van der Waals surface area (Å²) in [6.07, 6.45) is 6.71. The van der Waals surface area contributed by atoms with Crippen molar-refractivity contribution in [2.45, 2.75) is 31.9 Å². The molecule has 1 saturated heterocycles. The minimum absolute atomic E-state index is 0.0330. The summed E-state index contributed by atoms with van der Waals surface area (Å²) in [6.45, 7) is 2.42. The third-order valence-electron chi connectivity index (χ3n) is 6.57. The summed E-state index contributed by atoms with van der Waals surface area (Å²) >= 11 is 0. The summed E-state index contributed by atoms with van der Waals surface area (Å²) in [5, 5.41) is 0. The summed E-state index contributed by atoms with van der Waals surface area (Å²) in [5.41, 5.74) is 3.49. The van der Waals surface area contributed by atoms with E-state index in [1.54, 1.807) is 0 Å². The van der Waals surface area contributed by atoms with Gasteiger partial charge in [0.1, 0.15) is 18.0 Å². The zero-order chi connectivity index (χ0) is 23.6. The van der Waals surface area contributed by atoms with Crippen molar-refractivity contribution in [3.8, 4) is 17.2 Å². The molecule has 0 spiro atoms. The first-order chi connectivity index (χ1) is 17.2. The Balaban J connectivity index is 1.13. The maximum atomic E-state index is 13.4. The predicted molar refractivity (Wildman–Crippen MR) is 131 cm³/mol. The number of pyridine rings is 1. The monoisotopic (exact) mass is 469 g/mol. The number of likely N-dealkylation sites (tertiary alicyclic amines) is 1. The molecular weight excluding hydrogens is 442 g/mol. The number of hydrogen-bond donors (Lipinski definition) is 0. The second-order valence-corrected chi connectivity index (χ2v) is 8.92. The zero-order valence-corrected chi connectivity index (χ0v) is 19.4. The minimum atomic E-state index is 0.0330. The molecule has 0 unspecified atom stereocenters. The van der Waals surface area contributed by atoms with E-state index in [4.69, 9.17) is 14.2 Å². The number of imidazole rings is 1. The molecule has 4 heterocycles. The Morgan fingerprint density at radius 3 is 2.71 bits per heavy atom. The van der Waals surface area contributed by atoms with Crippen LogP contribution in [-0.2, 0) is 6.61 Å². The number of fused-ring (bicyclic) bond motifs is 2. The highest BCUT2D eigenvalue weighted by molar-refractivity contribution is 5.94. The fourth-order valence-electron chi connectivity index (χ4n) is 4.82. The number of carbonyl (C=O) groups is 1. The van der Waals surface area contributed by atoms with Crippen molar-refractivity contribution in [3.05, 3.63) is 89.9 Å². The average Bonchev–Trinajstić information content (AvgIpc) is 3.48. The molecule has 7 nitrogen and oxygen atoms in total. The third-order valence-corrected chi connectivity index (χ3v) is 6.57. The van der Waals surface area contributed by atoms with Gasteiger partial charge in [-0.3, -0.25) is 4.79 Å². The lowest BCUT2D eigenvalue weighted by Gasteiger charge is -2.26. The van der Waals surface area contributed by atoms with Crippen LogP contribution < -0.4 is 14.2 Å². The molecular formula is C28H27N3O4. The molecule has 0 bridgehead atoms. The number of aromatic nitrogens is 2. The third kappa shape index (κ3) is 4.41. The highest BCUT2D eigenvalue weighted by atomic mass is 16.5. The number of nitrogens with zero attached hydrogens (tertiary/aromatic N) is 3. The van der Waals surface area contributed by atoms with Gasteiger partial charge in [-0.2, -0.15) is 0 Å². The van der Waals surface area contributed by atoms with Gasteiger partial charge >= 0.3 is 0 Å². The van der Waals surface area contributed by atoms with E-state index in [0.717, 1.165) is 54.2 Å². The van der Waals surface area contributed by atoms with E-state index < -0.39 is 0 Å². The van der Waals surface area contributed by atoms with Gasteiger partial charge in [0.2, 0.25) is 0 Å². The summed E-state index contributed by atoms with van der Waals surface area (Å²) in [4.78, 5) is 19.9. The molecule has 1 atom stereocenters. The lowest BCUT2D eigenvalue weighted by Crippen LogP contribution is -2.30. The maximum Gasteiger partial charge on any atom is 0.254 e. The highest BCUT2D eigenvalue weighted by Gasteiger charge is 2.31. The molecule has 0 radical (unpaired) electrons. The van der Waals surface area contributed by atoms with Gasteiger partial charge in [-0.05, 0) is 66.9 Å². The Morgan fingerprint density at radius 2 is 1.86 bits per heavy atom. The average molecular weight is 470 g/mol. The van der Waals surface area contributed by atoms with Crippen LogP contribution >= 0.6 is 0 Å². The lowest BCUT2D eigenvalue weighted by atomic mass is 10.0. The van der Waals surface area contributed by atoms with Gasteiger partial charge in [-0.1, -0.05) is 12.1 Å². The van der Waals surface area contributed by atoms with Crippen LogP contribution in [0, 0.1) is 0 Å². The molecule has 7 heteroatoms. The quantitative estimate of drug-likeness (QED) is 0.409. The van der Waals surface area contributed by atoms with E-state index in [-0.39, 0.29) is 11.9 Å². The molecule has 6 rings (SSSR count). The highest BCUT2D eigenvalue weighted by Crippen LogP contribution is 2.38. The van der Waals surface area contributed by atoms with Crippen molar-refractivity contribution < 1.29 is 19.0 Å². The summed E-state index contributed by atoms with van der Waals surface area (Å²) in [5.74, 6) is 2.29. The summed E-state index contributed by atoms with van der Waals surface area (Å²) < 4.78 is 19.5. The van der Waals surface area contributed by atoms with Gasteiger partial charge in [0, 0.05) is 30.9 Å². The van der Waals surface area contributed by atoms with Crippen molar-refractivity contribution in [3.63, 3.8) is 0 Å². The fourth-order valence-corrected chi connectivity index (χ4v) is 4.82. The molecule has 2 aromatic heterocycles. The molecule has 4 aromatic rings. The van der Waals surface area contributed by atoms with Crippen molar-refractivity contribution in [1.82, 2.24) is 14.3 Å². The second-order valence-electron chi connectivity index (χ2n) is 8.92. The van der Waals surface area contributed by atoms with E-state index in [0.29, 0.717) is 31.1 Å². The summed E-state index contributed by atoms with van der Waals surface area (Å²) in [7, 11) is 0. The number of carbonyl (C=O) groups excluding carboxylic acids is 1. The second kappa shape index (κ2) is 9.33. The Labute approximate surface area is 203 Å². The van der Waals surface area contributed by atoms with Crippen molar-refractivity contribution in [2.75, 3.05) is 19.8 Å². The van der Waals surface area contributed by atoms with Crippen LogP contribution in [0.5, 0.6) is 17.2 Å². The SMILES string of the molecule is O=C(c1ccc(OCc2cn3ccccc3n2)cc1)N1CCC[C@H]1c1ccc2c(c1)OCCCO2. The molecule has 0 aliphatic carbocycles. The molecule has 2 aromatic carbocycles. The number of hydrogen-bond acceptors (Lipinski definition) is 5. The Bertz CT molecular complexity index is 1320. The largest absolute Gasteiger partial charge is 0.490 e. The van der Waals surface area contributed by atoms with Crippen LogP contribution in [-0.4, -0.2) is 40.0 Å². The molecule has 1 fully saturated rings. The topological polar surface area (TPSA) is 65.3 Å². The van der Waals surface area contributed by atoms with Gasteiger partial charge in [0.05, 0.1) is 24.9 Å². The zero-order valence-electron chi connectivity index (χ0n) is 19.4. The van der Waals surface area contributed by atoms with E-state index in [1.165, 1.54) is 0 Å². The molecule has 35 heavy (non-hydrogen) atoms. The van der Waals surface area contributed by atoms with Crippen LogP contribution in [0.15, 0.2) is 73.1 Å². The molecule has 178 valence electrons.